The van der Waals surface area contributed by atoms with E-state index in [1.807, 2.05) is 0 Å². The van der Waals surface area contributed by atoms with Crippen LogP contribution in [-0.4, -0.2) is 37.8 Å². The standard InChI is InChI=1S/C19H14Cl2N2O5/c1-26-13-4-3-9(5-14(13)27-2)16-15-17(28-22-16)19(25)23(18(15)24)12-7-10(20)6-11(21)8-12/h3-8,15,17H,1-2H3. The Hall–Kier alpha value is -2.77. The van der Waals surface area contributed by atoms with Crippen molar-refractivity contribution in [1.82, 2.24) is 0 Å². The molecule has 4 rings (SSSR count). The van der Waals surface area contributed by atoms with Gasteiger partial charge < -0.3 is 14.3 Å². The quantitative estimate of drug-likeness (QED) is 0.709. The zero-order chi connectivity index (χ0) is 20.0. The number of anilines is 1. The summed E-state index contributed by atoms with van der Waals surface area (Å²) in [5.74, 6) is -0.844. The second-order valence-electron chi connectivity index (χ2n) is 6.19. The van der Waals surface area contributed by atoms with Crippen LogP contribution in [0.2, 0.25) is 10.0 Å². The van der Waals surface area contributed by atoms with Gasteiger partial charge in [-0.25, -0.2) is 4.90 Å². The van der Waals surface area contributed by atoms with E-state index in [-0.39, 0.29) is 5.69 Å². The van der Waals surface area contributed by atoms with E-state index in [9.17, 15) is 9.59 Å². The Morgan fingerprint density at radius 1 is 0.964 bits per heavy atom. The van der Waals surface area contributed by atoms with Crippen LogP contribution in [-0.2, 0) is 14.4 Å². The SMILES string of the molecule is COc1ccc(C2=NOC3C(=O)N(c4cc(Cl)cc(Cl)c4)C(=O)C23)cc1OC. The van der Waals surface area contributed by atoms with Gasteiger partial charge >= 0.3 is 0 Å². The van der Waals surface area contributed by atoms with Crippen LogP contribution < -0.4 is 14.4 Å². The molecule has 1 saturated heterocycles. The summed E-state index contributed by atoms with van der Waals surface area (Å²) < 4.78 is 10.5. The fourth-order valence-corrected chi connectivity index (χ4v) is 3.85. The molecule has 9 heteroatoms. The van der Waals surface area contributed by atoms with Gasteiger partial charge in [0.2, 0.25) is 12.0 Å². The average Bonchev–Trinajstić information content (AvgIpc) is 3.20. The van der Waals surface area contributed by atoms with Gasteiger partial charge in [0.25, 0.3) is 5.91 Å². The van der Waals surface area contributed by atoms with Gasteiger partial charge in [0.1, 0.15) is 11.6 Å². The lowest BCUT2D eigenvalue weighted by atomic mass is 9.94. The molecule has 0 N–H and O–H groups in total. The summed E-state index contributed by atoms with van der Waals surface area (Å²) in [6.07, 6.45) is -1.03. The number of halogens is 2. The van der Waals surface area contributed by atoms with Gasteiger partial charge in [-0.1, -0.05) is 28.4 Å². The lowest BCUT2D eigenvalue weighted by molar-refractivity contribution is -0.126. The molecule has 0 aromatic heterocycles. The summed E-state index contributed by atoms with van der Waals surface area (Å²) in [7, 11) is 3.03. The number of hydrogen-bond acceptors (Lipinski definition) is 6. The van der Waals surface area contributed by atoms with E-state index < -0.39 is 23.8 Å². The summed E-state index contributed by atoms with van der Waals surface area (Å²) in [5, 5.41) is 4.61. The molecule has 0 saturated carbocycles. The van der Waals surface area contributed by atoms with E-state index in [4.69, 9.17) is 37.5 Å². The van der Waals surface area contributed by atoms with Crippen molar-refractivity contribution in [2.24, 2.45) is 11.1 Å². The van der Waals surface area contributed by atoms with E-state index >= 15 is 0 Å². The number of ether oxygens (including phenoxy) is 2. The molecule has 0 radical (unpaired) electrons. The Bertz CT molecular complexity index is 1000. The molecular formula is C19H14Cl2N2O5. The van der Waals surface area contributed by atoms with Crippen LogP contribution in [0, 0.1) is 5.92 Å². The lowest BCUT2D eigenvalue weighted by Gasteiger charge is -2.16. The minimum Gasteiger partial charge on any atom is -0.493 e. The van der Waals surface area contributed by atoms with Crippen LogP contribution in [0.5, 0.6) is 11.5 Å². The predicted octanol–water partition coefficient (Wildman–Crippen LogP) is 3.30. The van der Waals surface area contributed by atoms with Crippen molar-refractivity contribution in [2.45, 2.75) is 6.10 Å². The molecule has 2 aromatic rings. The number of nitrogens with zero attached hydrogens (tertiary/aromatic N) is 2. The van der Waals surface area contributed by atoms with Crippen LogP contribution in [0.15, 0.2) is 41.6 Å². The van der Waals surface area contributed by atoms with E-state index in [1.54, 1.807) is 18.2 Å². The Labute approximate surface area is 170 Å². The highest BCUT2D eigenvalue weighted by Gasteiger charge is 2.56. The highest BCUT2D eigenvalue weighted by molar-refractivity contribution is 6.37. The van der Waals surface area contributed by atoms with E-state index in [2.05, 4.69) is 5.16 Å². The first-order valence-corrected chi connectivity index (χ1v) is 9.00. The Morgan fingerprint density at radius 2 is 1.64 bits per heavy atom. The molecule has 2 amide bonds. The van der Waals surface area contributed by atoms with Gasteiger partial charge in [0, 0.05) is 15.6 Å². The zero-order valence-electron chi connectivity index (χ0n) is 14.8. The van der Waals surface area contributed by atoms with E-state index in [0.717, 1.165) is 4.90 Å². The van der Waals surface area contributed by atoms with Crippen LogP contribution in [0.4, 0.5) is 5.69 Å². The highest BCUT2D eigenvalue weighted by atomic mass is 35.5. The maximum atomic E-state index is 13.1. The fourth-order valence-electron chi connectivity index (χ4n) is 3.33. The van der Waals surface area contributed by atoms with Crippen LogP contribution in [0.25, 0.3) is 0 Å². The lowest BCUT2D eigenvalue weighted by Crippen LogP contribution is -2.33. The van der Waals surface area contributed by atoms with Crippen molar-refractivity contribution < 1.29 is 23.9 Å². The monoisotopic (exact) mass is 420 g/mol. The largest absolute Gasteiger partial charge is 0.493 e. The summed E-state index contributed by atoms with van der Waals surface area (Å²) in [6, 6.07) is 9.61. The van der Waals surface area contributed by atoms with Crippen molar-refractivity contribution >= 4 is 46.4 Å². The number of carbonyl (C=O) groups excluding carboxylic acids is 2. The summed E-state index contributed by atoms with van der Waals surface area (Å²) in [6.45, 7) is 0. The third-order valence-corrected chi connectivity index (χ3v) is 5.03. The number of benzene rings is 2. The molecule has 7 nitrogen and oxygen atoms in total. The van der Waals surface area contributed by atoms with Gasteiger partial charge in [-0.15, -0.1) is 0 Å². The third-order valence-electron chi connectivity index (χ3n) is 4.60. The van der Waals surface area contributed by atoms with Crippen LogP contribution in [0.3, 0.4) is 0 Å². The zero-order valence-corrected chi connectivity index (χ0v) is 16.3. The topological polar surface area (TPSA) is 77.4 Å². The molecule has 144 valence electrons. The van der Waals surface area contributed by atoms with Crippen LogP contribution in [0.1, 0.15) is 5.56 Å². The van der Waals surface area contributed by atoms with Gasteiger partial charge in [0.15, 0.2) is 11.5 Å². The number of oxime groups is 1. The number of fused-ring (bicyclic) bond motifs is 1. The predicted molar refractivity (Wildman–Crippen MR) is 103 cm³/mol. The Morgan fingerprint density at radius 3 is 2.29 bits per heavy atom. The molecule has 2 aromatic carbocycles. The molecule has 2 heterocycles. The molecule has 0 aliphatic carbocycles. The van der Waals surface area contributed by atoms with Gasteiger partial charge in [-0.3, -0.25) is 9.59 Å². The third kappa shape index (κ3) is 2.87. The normalized spacial score (nSPS) is 20.7. The molecule has 0 bridgehead atoms. The molecule has 2 unspecified atom stereocenters. The minimum atomic E-state index is -1.03. The van der Waals surface area contributed by atoms with Gasteiger partial charge in [0.05, 0.1) is 19.9 Å². The molecule has 0 spiro atoms. The van der Waals surface area contributed by atoms with Crippen molar-refractivity contribution in [3.8, 4) is 11.5 Å². The first-order valence-electron chi connectivity index (χ1n) is 8.24. The van der Waals surface area contributed by atoms with E-state index in [0.29, 0.717) is 32.8 Å². The van der Waals surface area contributed by atoms with Crippen molar-refractivity contribution in [2.75, 3.05) is 19.1 Å². The number of methoxy groups -OCH3 is 2. The number of carbonyl (C=O) groups is 2. The Balaban J connectivity index is 1.71. The van der Waals surface area contributed by atoms with Gasteiger partial charge in [-0.05, 0) is 36.4 Å². The second-order valence-corrected chi connectivity index (χ2v) is 7.06. The summed E-state index contributed by atoms with van der Waals surface area (Å²) in [4.78, 5) is 32.2. The first-order chi connectivity index (χ1) is 13.4. The molecule has 2 aliphatic heterocycles. The fraction of sp³-hybridized carbons (Fsp3) is 0.211. The minimum absolute atomic E-state index is 0.289. The van der Waals surface area contributed by atoms with Crippen molar-refractivity contribution in [3.05, 3.63) is 52.0 Å². The first kappa shape index (κ1) is 18.6. The summed E-state index contributed by atoms with van der Waals surface area (Å²) >= 11 is 12.0. The number of imide groups is 1. The van der Waals surface area contributed by atoms with E-state index in [1.165, 1.54) is 32.4 Å². The number of rotatable bonds is 4. The number of hydrogen-bond donors (Lipinski definition) is 0. The summed E-state index contributed by atoms with van der Waals surface area (Å²) in [5.41, 5.74) is 1.23. The molecule has 28 heavy (non-hydrogen) atoms. The van der Waals surface area contributed by atoms with Crippen molar-refractivity contribution in [1.29, 1.82) is 0 Å². The van der Waals surface area contributed by atoms with Crippen LogP contribution >= 0.6 is 23.2 Å². The van der Waals surface area contributed by atoms with Gasteiger partial charge in [-0.2, -0.15) is 0 Å². The number of amides is 2. The smallest absolute Gasteiger partial charge is 0.278 e. The second kappa shape index (κ2) is 7.00. The highest BCUT2D eigenvalue weighted by Crippen LogP contribution is 2.38. The average molecular weight is 421 g/mol. The molecule has 1 fully saturated rings. The Kier molecular flexibility index (Phi) is 4.64. The molecule has 2 aliphatic rings. The maximum Gasteiger partial charge on any atom is 0.278 e. The molecule has 2 atom stereocenters. The maximum absolute atomic E-state index is 13.1. The molecular weight excluding hydrogens is 407 g/mol. The van der Waals surface area contributed by atoms with Crippen molar-refractivity contribution in [3.63, 3.8) is 0 Å².